The lowest BCUT2D eigenvalue weighted by atomic mass is 10.0. The van der Waals surface area contributed by atoms with E-state index < -0.39 is 10.0 Å². The van der Waals surface area contributed by atoms with Crippen LogP contribution in [0, 0.1) is 0 Å². The van der Waals surface area contributed by atoms with E-state index >= 15 is 0 Å². The topological polar surface area (TPSA) is 66.5 Å². The van der Waals surface area contributed by atoms with Crippen LogP contribution in [0.1, 0.15) is 29.3 Å². The summed E-state index contributed by atoms with van der Waals surface area (Å²) < 4.78 is 26.0. The number of carbonyl (C=O) groups excluding carboxylic acids is 1. The highest BCUT2D eigenvalue weighted by Gasteiger charge is 2.26. The number of fused-ring (bicyclic) bond motifs is 1. The standard InChI is InChI=1S/C18H18Cl2N2O3S/c1-2-26(24,25)22-9-3-4-12-10-14(6-8-17(12)22)21-18(23)13-5-7-15(19)16(20)11-13/h5-8,10-11H,2-4,9H2,1H3,(H,21,23). The highest BCUT2D eigenvalue weighted by atomic mass is 35.5. The number of anilines is 2. The lowest BCUT2D eigenvalue weighted by molar-refractivity contribution is 0.102. The van der Waals surface area contributed by atoms with Crippen LogP contribution < -0.4 is 9.62 Å². The number of benzene rings is 2. The van der Waals surface area contributed by atoms with Gasteiger partial charge >= 0.3 is 0 Å². The number of carbonyl (C=O) groups is 1. The number of nitrogens with one attached hydrogen (secondary N) is 1. The van der Waals surface area contributed by atoms with Crippen LogP contribution in [0.2, 0.25) is 10.0 Å². The molecule has 0 fully saturated rings. The largest absolute Gasteiger partial charge is 0.322 e. The first-order valence-corrected chi connectivity index (χ1v) is 10.6. The summed E-state index contributed by atoms with van der Waals surface area (Å²) in [6.07, 6.45) is 1.51. The Bertz CT molecular complexity index is 961. The average molecular weight is 413 g/mol. The molecule has 1 N–H and O–H groups in total. The first kappa shape index (κ1) is 19.0. The molecular weight excluding hydrogens is 395 g/mol. The van der Waals surface area contributed by atoms with Crippen molar-refractivity contribution in [2.45, 2.75) is 19.8 Å². The quantitative estimate of drug-likeness (QED) is 0.811. The number of aryl methyl sites for hydroxylation is 1. The number of rotatable bonds is 4. The van der Waals surface area contributed by atoms with Crippen molar-refractivity contribution in [3.05, 3.63) is 57.6 Å². The van der Waals surface area contributed by atoms with E-state index in [4.69, 9.17) is 23.2 Å². The predicted molar refractivity (Wildman–Crippen MR) is 106 cm³/mol. The summed E-state index contributed by atoms with van der Waals surface area (Å²) >= 11 is 11.8. The molecule has 0 aliphatic carbocycles. The minimum absolute atomic E-state index is 0.0578. The predicted octanol–water partition coefficient (Wildman–Crippen LogP) is 4.35. The van der Waals surface area contributed by atoms with Gasteiger partial charge in [0.15, 0.2) is 0 Å². The molecule has 5 nitrogen and oxygen atoms in total. The second kappa shape index (κ2) is 7.47. The second-order valence-electron chi connectivity index (χ2n) is 6.00. The zero-order valence-corrected chi connectivity index (χ0v) is 16.5. The molecule has 0 atom stereocenters. The molecule has 1 amide bonds. The number of hydrogen-bond acceptors (Lipinski definition) is 3. The Labute approximate surface area is 163 Å². The lowest BCUT2D eigenvalue weighted by Crippen LogP contribution is -2.36. The van der Waals surface area contributed by atoms with Crippen molar-refractivity contribution in [2.75, 3.05) is 21.9 Å². The summed E-state index contributed by atoms with van der Waals surface area (Å²) in [5.74, 6) is -0.250. The van der Waals surface area contributed by atoms with Crippen molar-refractivity contribution in [1.29, 1.82) is 0 Å². The second-order valence-corrected chi connectivity index (χ2v) is 9.00. The van der Waals surface area contributed by atoms with Crippen LogP contribution in [0.5, 0.6) is 0 Å². The Hall–Kier alpha value is -1.76. The van der Waals surface area contributed by atoms with E-state index in [0.29, 0.717) is 33.5 Å². The van der Waals surface area contributed by atoms with Gasteiger partial charge in [0.25, 0.3) is 5.91 Å². The molecule has 2 aromatic rings. The SMILES string of the molecule is CCS(=O)(=O)N1CCCc2cc(NC(=O)c3ccc(Cl)c(Cl)c3)ccc21. The van der Waals surface area contributed by atoms with Gasteiger partial charge in [-0.1, -0.05) is 23.2 Å². The van der Waals surface area contributed by atoms with Crippen LogP contribution in [0.4, 0.5) is 11.4 Å². The van der Waals surface area contributed by atoms with Gasteiger partial charge in [0, 0.05) is 17.8 Å². The van der Waals surface area contributed by atoms with Crippen LogP contribution in [0.25, 0.3) is 0 Å². The Morgan fingerprint density at radius 1 is 1.15 bits per heavy atom. The molecule has 1 aliphatic rings. The summed E-state index contributed by atoms with van der Waals surface area (Å²) in [5, 5.41) is 3.51. The van der Waals surface area contributed by atoms with Gasteiger partial charge in [-0.3, -0.25) is 9.10 Å². The van der Waals surface area contributed by atoms with Gasteiger partial charge in [-0.05, 0) is 61.7 Å². The van der Waals surface area contributed by atoms with Crippen LogP contribution in [0.15, 0.2) is 36.4 Å². The number of hydrogen-bond donors (Lipinski definition) is 1. The molecule has 0 bridgehead atoms. The van der Waals surface area contributed by atoms with Gasteiger partial charge in [0.05, 0.1) is 21.5 Å². The van der Waals surface area contributed by atoms with Gasteiger partial charge < -0.3 is 5.32 Å². The smallest absolute Gasteiger partial charge is 0.255 e. The summed E-state index contributed by atoms with van der Waals surface area (Å²) in [5.41, 5.74) is 2.59. The summed E-state index contributed by atoms with van der Waals surface area (Å²) in [6.45, 7) is 2.12. The first-order valence-electron chi connectivity index (χ1n) is 8.21. The molecule has 0 unspecified atom stereocenters. The monoisotopic (exact) mass is 412 g/mol. The maximum Gasteiger partial charge on any atom is 0.255 e. The van der Waals surface area contributed by atoms with E-state index in [9.17, 15) is 13.2 Å². The van der Waals surface area contributed by atoms with Crippen molar-refractivity contribution in [1.82, 2.24) is 0 Å². The van der Waals surface area contributed by atoms with E-state index in [-0.39, 0.29) is 11.7 Å². The molecule has 1 heterocycles. The van der Waals surface area contributed by atoms with Crippen LogP contribution in [-0.2, 0) is 16.4 Å². The maximum atomic E-state index is 12.4. The van der Waals surface area contributed by atoms with Gasteiger partial charge in [-0.25, -0.2) is 8.42 Å². The Morgan fingerprint density at radius 3 is 2.62 bits per heavy atom. The van der Waals surface area contributed by atoms with Crippen molar-refractivity contribution >= 4 is 50.5 Å². The summed E-state index contributed by atoms with van der Waals surface area (Å²) in [7, 11) is -3.30. The molecule has 8 heteroatoms. The van der Waals surface area contributed by atoms with Crippen molar-refractivity contribution in [3.8, 4) is 0 Å². The molecule has 0 radical (unpaired) electrons. The van der Waals surface area contributed by atoms with Crippen molar-refractivity contribution in [2.24, 2.45) is 0 Å². The fourth-order valence-corrected chi connectivity index (χ4v) is 4.42. The van der Waals surface area contributed by atoms with Gasteiger partial charge in [-0.15, -0.1) is 0 Å². The Morgan fingerprint density at radius 2 is 1.92 bits per heavy atom. The van der Waals surface area contributed by atoms with E-state index in [2.05, 4.69) is 5.32 Å². The van der Waals surface area contributed by atoms with Crippen molar-refractivity contribution in [3.63, 3.8) is 0 Å². The number of halogens is 2. The zero-order valence-electron chi connectivity index (χ0n) is 14.1. The van der Waals surface area contributed by atoms with Gasteiger partial charge in [-0.2, -0.15) is 0 Å². The van der Waals surface area contributed by atoms with Gasteiger partial charge in [0.1, 0.15) is 0 Å². The molecule has 0 saturated heterocycles. The van der Waals surface area contributed by atoms with Crippen LogP contribution >= 0.6 is 23.2 Å². The minimum atomic E-state index is -3.30. The van der Waals surface area contributed by atoms with Gasteiger partial charge in [0.2, 0.25) is 10.0 Å². The maximum absolute atomic E-state index is 12.4. The van der Waals surface area contributed by atoms with E-state index in [0.717, 1.165) is 18.4 Å². The molecule has 1 aliphatic heterocycles. The minimum Gasteiger partial charge on any atom is -0.322 e. The molecule has 138 valence electrons. The molecular formula is C18H18Cl2N2O3S. The Kier molecular flexibility index (Phi) is 5.46. The number of sulfonamides is 1. The third-order valence-corrected chi connectivity index (χ3v) is 6.82. The number of nitrogens with zero attached hydrogens (tertiary/aromatic N) is 1. The lowest BCUT2D eigenvalue weighted by Gasteiger charge is -2.30. The van der Waals surface area contributed by atoms with E-state index in [1.54, 1.807) is 31.2 Å². The average Bonchev–Trinajstić information content (AvgIpc) is 2.63. The van der Waals surface area contributed by atoms with E-state index in [1.807, 2.05) is 6.07 Å². The fraction of sp³-hybridized carbons (Fsp3) is 0.278. The summed E-state index contributed by atoms with van der Waals surface area (Å²) in [6, 6.07) is 9.94. The molecule has 0 spiro atoms. The van der Waals surface area contributed by atoms with Crippen LogP contribution in [0.3, 0.4) is 0 Å². The highest BCUT2D eigenvalue weighted by molar-refractivity contribution is 7.92. The molecule has 26 heavy (non-hydrogen) atoms. The zero-order chi connectivity index (χ0) is 18.9. The highest BCUT2D eigenvalue weighted by Crippen LogP contribution is 2.32. The summed E-state index contributed by atoms with van der Waals surface area (Å²) in [4.78, 5) is 12.4. The van der Waals surface area contributed by atoms with Crippen LogP contribution in [-0.4, -0.2) is 26.6 Å². The molecule has 0 saturated carbocycles. The van der Waals surface area contributed by atoms with E-state index in [1.165, 1.54) is 10.4 Å². The fourth-order valence-electron chi connectivity index (χ4n) is 2.93. The molecule has 0 aromatic heterocycles. The Balaban J connectivity index is 1.85. The van der Waals surface area contributed by atoms with Crippen molar-refractivity contribution < 1.29 is 13.2 Å². The third kappa shape index (κ3) is 3.82. The number of amides is 1. The molecule has 2 aromatic carbocycles. The molecule has 3 rings (SSSR count). The third-order valence-electron chi connectivity index (χ3n) is 4.30. The first-order chi connectivity index (χ1) is 12.3. The normalized spacial score (nSPS) is 14.0.